The van der Waals surface area contributed by atoms with Crippen LogP contribution in [0.4, 0.5) is 0 Å². The summed E-state index contributed by atoms with van der Waals surface area (Å²) in [6, 6.07) is 0.889. The van der Waals surface area contributed by atoms with Gasteiger partial charge in [0, 0.05) is 25.4 Å². The molecule has 1 aromatic heterocycles. The number of aromatic nitrogens is 3. The quantitative estimate of drug-likeness (QED) is 0.811. The second kappa shape index (κ2) is 6.88. The van der Waals surface area contributed by atoms with E-state index in [1.54, 1.807) is 0 Å². The summed E-state index contributed by atoms with van der Waals surface area (Å²) in [6.45, 7) is 14.1. The molecule has 0 amide bonds. The smallest absolute Gasteiger partial charge is 0.150 e. The van der Waals surface area contributed by atoms with Crippen molar-refractivity contribution < 1.29 is 0 Å². The molecule has 0 bridgehead atoms. The summed E-state index contributed by atoms with van der Waals surface area (Å²) in [4.78, 5) is 4.60. The van der Waals surface area contributed by atoms with E-state index in [2.05, 4.69) is 61.6 Å². The first-order valence-corrected chi connectivity index (χ1v) is 7.17. The number of nitrogens with zero attached hydrogens (tertiary/aromatic N) is 3. The van der Waals surface area contributed by atoms with E-state index in [9.17, 15) is 0 Å². The molecule has 1 rings (SSSR count). The van der Waals surface area contributed by atoms with E-state index in [1.165, 1.54) is 0 Å². The zero-order valence-electron chi connectivity index (χ0n) is 12.7. The van der Waals surface area contributed by atoms with Crippen LogP contribution in [0.3, 0.4) is 0 Å². The van der Waals surface area contributed by atoms with Crippen LogP contribution in [0.15, 0.2) is 0 Å². The molecule has 0 aromatic carbocycles. The van der Waals surface area contributed by atoms with E-state index in [1.807, 2.05) is 0 Å². The minimum Gasteiger partial charge on any atom is -0.312 e. The molecule has 1 heterocycles. The molecule has 4 nitrogen and oxygen atoms in total. The molecule has 0 aliphatic carbocycles. The maximum Gasteiger partial charge on any atom is 0.150 e. The van der Waals surface area contributed by atoms with Gasteiger partial charge in [0.25, 0.3) is 0 Å². The van der Waals surface area contributed by atoms with Gasteiger partial charge < -0.3 is 5.32 Å². The van der Waals surface area contributed by atoms with Crippen molar-refractivity contribution in [2.45, 2.75) is 66.5 Å². The zero-order valence-corrected chi connectivity index (χ0v) is 12.7. The molecule has 4 heteroatoms. The fraction of sp³-hybridized carbons (Fsp3) is 0.857. The first-order valence-electron chi connectivity index (χ1n) is 7.17. The SMILES string of the molecule is CCc1nc(CC)n(C(CNC(C)C)C(C)C)n1. The van der Waals surface area contributed by atoms with Crippen LogP contribution in [-0.4, -0.2) is 27.4 Å². The van der Waals surface area contributed by atoms with E-state index in [0.29, 0.717) is 18.0 Å². The second-order valence-electron chi connectivity index (χ2n) is 5.47. The van der Waals surface area contributed by atoms with Crippen LogP contribution in [-0.2, 0) is 12.8 Å². The average Bonchev–Trinajstić information content (AvgIpc) is 2.71. The predicted molar refractivity (Wildman–Crippen MR) is 75.8 cm³/mol. The van der Waals surface area contributed by atoms with Crippen molar-refractivity contribution in [1.82, 2.24) is 20.1 Å². The van der Waals surface area contributed by atoms with Gasteiger partial charge in [-0.3, -0.25) is 0 Å². The van der Waals surface area contributed by atoms with Gasteiger partial charge in [0.05, 0.1) is 6.04 Å². The number of aryl methyl sites for hydroxylation is 2. The Hall–Kier alpha value is -0.900. The highest BCUT2D eigenvalue weighted by molar-refractivity contribution is 4.96. The fourth-order valence-electron chi connectivity index (χ4n) is 2.02. The van der Waals surface area contributed by atoms with Gasteiger partial charge in [-0.15, -0.1) is 0 Å². The van der Waals surface area contributed by atoms with Crippen LogP contribution in [0, 0.1) is 5.92 Å². The highest BCUT2D eigenvalue weighted by Gasteiger charge is 2.20. The van der Waals surface area contributed by atoms with Crippen molar-refractivity contribution in [2.24, 2.45) is 5.92 Å². The normalized spacial score (nSPS) is 13.6. The van der Waals surface area contributed by atoms with Crippen LogP contribution < -0.4 is 5.32 Å². The molecule has 1 N–H and O–H groups in total. The lowest BCUT2D eigenvalue weighted by molar-refractivity contribution is 0.312. The third-order valence-electron chi connectivity index (χ3n) is 3.20. The average molecular weight is 252 g/mol. The molecule has 0 aliphatic rings. The highest BCUT2D eigenvalue weighted by atomic mass is 15.4. The lowest BCUT2D eigenvalue weighted by Crippen LogP contribution is -2.34. The molecular formula is C14H28N4. The number of rotatable bonds is 7. The van der Waals surface area contributed by atoms with Crippen molar-refractivity contribution in [3.8, 4) is 0 Å². The van der Waals surface area contributed by atoms with Crippen LogP contribution in [0.25, 0.3) is 0 Å². The van der Waals surface area contributed by atoms with Crippen molar-refractivity contribution >= 4 is 0 Å². The topological polar surface area (TPSA) is 42.7 Å². The third kappa shape index (κ3) is 3.80. The van der Waals surface area contributed by atoms with Gasteiger partial charge in [0.2, 0.25) is 0 Å². The zero-order chi connectivity index (χ0) is 13.7. The largest absolute Gasteiger partial charge is 0.312 e. The monoisotopic (exact) mass is 252 g/mol. The molecule has 0 fully saturated rings. The Bertz CT molecular complexity index is 355. The number of hydrogen-bond donors (Lipinski definition) is 1. The third-order valence-corrected chi connectivity index (χ3v) is 3.20. The van der Waals surface area contributed by atoms with Crippen LogP contribution in [0.2, 0.25) is 0 Å². The minimum atomic E-state index is 0.384. The Morgan fingerprint density at radius 3 is 2.22 bits per heavy atom. The summed E-state index contributed by atoms with van der Waals surface area (Å²) in [5, 5.41) is 8.18. The van der Waals surface area contributed by atoms with E-state index in [4.69, 9.17) is 0 Å². The van der Waals surface area contributed by atoms with Crippen LogP contribution >= 0.6 is 0 Å². The summed E-state index contributed by atoms with van der Waals surface area (Å²) in [5.74, 6) is 2.62. The summed E-state index contributed by atoms with van der Waals surface area (Å²) in [6.07, 6.45) is 1.85. The Balaban J connectivity index is 2.93. The van der Waals surface area contributed by atoms with Crippen LogP contribution in [0.1, 0.15) is 59.2 Å². The van der Waals surface area contributed by atoms with Gasteiger partial charge >= 0.3 is 0 Å². The lowest BCUT2D eigenvalue weighted by atomic mass is 10.0. The molecule has 1 atom stereocenters. The summed E-state index contributed by atoms with van der Waals surface area (Å²) >= 11 is 0. The molecule has 0 aliphatic heterocycles. The maximum atomic E-state index is 4.66. The van der Waals surface area contributed by atoms with Crippen molar-refractivity contribution in [3.05, 3.63) is 11.6 Å². The standard InChI is InChI=1S/C14H28N4/c1-7-13-16-14(8-2)18(17-13)12(10(3)4)9-15-11(5)6/h10-12,15H,7-9H2,1-6H3. The fourth-order valence-corrected chi connectivity index (χ4v) is 2.02. The Morgan fingerprint density at radius 1 is 1.11 bits per heavy atom. The highest BCUT2D eigenvalue weighted by Crippen LogP contribution is 2.18. The number of nitrogens with one attached hydrogen (secondary N) is 1. The first-order chi connectivity index (χ1) is 8.49. The summed E-state index contributed by atoms with van der Waals surface area (Å²) < 4.78 is 2.14. The molecule has 1 unspecified atom stereocenters. The van der Waals surface area contributed by atoms with E-state index in [0.717, 1.165) is 31.0 Å². The summed E-state index contributed by atoms with van der Waals surface area (Å²) in [5.41, 5.74) is 0. The minimum absolute atomic E-state index is 0.384. The van der Waals surface area contributed by atoms with Crippen molar-refractivity contribution in [3.63, 3.8) is 0 Å². The molecule has 1 aromatic rings. The molecule has 0 saturated carbocycles. The van der Waals surface area contributed by atoms with Gasteiger partial charge in [-0.25, -0.2) is 9.67 Å². The Labute approximate surface area is 111 Å². The van der Waals surface area contributed by atoms with E-state index in [-0.39, 0.29) is 0 Å². The van der Waals surface area contributed by atoms with Crippen molar-refractivity contribution in [1.29, 1.82) is 0 Å². The maximum absolute atomic E-state index is 4.66. The second-order valence-corrected chi connectivity index (χ2v) is 5.47. The lowest BCUT2D eigenvalue weighted by Gasteiger charge is -2.24. The van der Waals surface area contributed by atoms with Crippen molar-refractivity contribution in [2.75, 3.05) is 6.54 Å². The van der Waals surface area contributed by atoms with Gasteiger partial charge in [-0.1, -0.05) is 41.5 Å². The Kier molecular flexibility index (Phi) is 5.79. The van der Waals surface area contributed by atoms with Gasteiger partial charge in [-0.2, -0.15) is 5.10 Å². The number of hydrogen-bond acceptors (Lipinski definition) is 3. The van der Waals surface area contributed by atoms with E-state index >= 15 is 0 Å². The molecule has 0 spiro atoms. The molecule has 18 heavy (non-hydrogen) atoms. The Morgan fingerprint density at radius 2 is 1.78 bits per heavy atom. The van der Waals surface area contributed by atoms with Crippen LogP contribution in [0.5, 0.6) is 0 Å². The van der Waals surface area contributed by atoms with E-state index < -0.39 is 0 Å². The van der Waals surface area contributed by atoms with Gasteiger partial charge in [-0.05, 0) is 5.92 Å². The molecule has 0 radical (unpaired) electrons. The first kappa shape index (κ1) is 15.2. The van der Waals surface area contributed by atoms with Gasteiger partial charge in [0.15, 0.2) is 5.82 Å². The molecular weight excluding hydrogens is 224 g/mol. The molecule has 104 valence electrons. The predicted octanol–water partition coefficient (Wildman–Crippen LogP) is 2.60. The summed E-state index contributed by atoms with van der Waals surface area (Å²) in [7, 11) is 0. The molecule has 0 saturated heterocycles. The van der Waals surface area contributed by atoms with Gasteiger partial charge in [0.1, 0.15) is 5.82 Å².